The molecule has 0 spiro atoms. The van der Waals surface area contributed by atoms with E-state index in [1.807, 2.05) is 5.43 Å². The van der Waals surface area contributed by atoms with Gasteiger partial charge >= 0.3 is 0 Å². The number of nitro groups is 1. The first-order valence-electron chi connectivity index (χ1n) is 6.23. The number of hydrazine groups is 1. The van der Waals surface area contributed by atoms with Crippen LogP contribution in [0.1, 0.15) is 13.3 Å². The van der Waals surface area contributed by atoms with Crippen LogP contribution in [0.2, 0.25) is 0 Å². The number of nitrogens with two attached hydrogens (primary N) is 1. The minimum Gasteiger partial charge on any atom is -0.478 e. The first-order chi connectivity index (χ1) is 9.97. The van der Waals surface area contributed by atoms with Crippen LogP contribution >= 0.6 is 0 Å². The highest BCUT2D eigenvalue weighted by Gasteiger charge is 2.35. The molecule has 112 valence electrons. The zero-order valence-electron chi connectivity index (χ0n) is 11.2. The lowest BCUT2D eigenvalue weighted by Crippen LogP contribution is -2.50. The van der Waals surface area contributed by atoms with E-state index in [4.69, 9.17) is 10.6 Å². The summed E-state index contributed by atoms with van der Waals surface area (Å²) in [5, 5.41) is 10.8. The van der Waals surface area contributed by atoms with Crippen molar-refractivity contribution in [1.29, 1.82) is 0 Å². The number of nitro benzene ring substituents is 1. The molecule has 0 saturated carbocycles. The molecule has 9 nitrogen and oxygen atoms in total. The van der Waals surface area contributed by atoms with Gasteiger partial charge in [0.2, 0.25) is 0 Å². The SMILES string of the molecule is CCC1Oc2ccc([N+](=O)[O-])cc2N(CC(=O)NN)C1=O. The Morgan fingerprint density at radius 2 is 2.29 bits per heavy atom. The van der Waals surface area contributed by atoms with Crippen molar-refractivity contribution in [2.24, 2.45) is 5.84 Å². The van der Waals surface area contributed by atoms with Gasteiger partial charge in [-0.2, -0.15) is 0 Å². The van der Waals surface area contributed by atoms with Crippen molar-refractivity contribution >= 4 is 23.2 Å². The number of carbonyl (C=O) groups excluding carboxylic acids is 2. The molecule has 1 aromatic carbocycles. The second kappa shape index (κ2) is 5.75. The summed E-state index contributed by atoms with van der Waals surface area (Å²) in [5.74, 6) is 4.32. The predicted octanol–water partition coefficient (Wildman–Crippen LogP) is 0.0887. The van der Waals surface area contributed by atoms with Crippen LogP contribution in [0, 0.1) is 10.1 Å². The molecule has 2 amide bonds. The highest BCUT2D eigenvalue weighted by Crippen LogP contribution is 2.37. The molecule has 21 heavy (non-hydrogen) atoms. The molecular weight excluding hydrogens is 280 g/mol. The Bertz CT molecular complexity index is 603. The molecule has 1 atom stereocenters. The molecule has 0 aliphatic carbocycles. The number of carbonyl (C=O) groups is 2. The molecule has 0 bridgehead atoms. The molecule has 0 fully saturated rings. The number of fused-ring (bicyclic) bond motifs is 1. The monoisotopic (exact) mass is 294 g/mol. The van der Waals surface area contributed by atoms with Gasteiger partial charge in [-0.3, -0.25) is 30.0 Å². The maximum Gasteiger partial charge on any atom is 0.271 e. The normalized spacial score (nSPS) is 17.0. The molecule has 0 saturated heterocycles. The van der Waals surface area contributed by atoms with Gasteiger partial charge in [0.05, 0.1) is 10.6 Å². The van der Waals surface area contributed by atoms with E-state index < -0.39 is 22.8 Å². The van der Waals surface area contributed by atoms with Crippen LogP contribution in [-0.2, 0) is 9.59 Å². The number of anilines is 1. The Morgan fingerprint density at radius 3 is 2.86 bits per heavy atom. The Kier molecular flexibility index (Phi) is 4.03. The summed E-state index contributed by atoms with van der Waals surface area (Å²) in [5.41, 5.74) is 1.91. The molecule has 0 radical (unpaired) electrons. The van der Waals surface area contributed by atoms with Crippen molar-refractivity contribution in [1.82, 2.24) is 5.43 Å². The van der Waals surface area contributed by atoms with Crippen LogP contribution in [0.15, 0.2) is 18.2 Å². The fourth-order valence-electron chi connectivity index (χ4n) is 2.04. The van der Waals surface area contributed by atoms with Gasteiger partial charge in [-0.05, 0) is 12.5 Å². The van der Waals surface area contributed by atoms with E-state index in [1.165, 1.54) is 18.2 Å². The Labute approximate surface area is 119 Å². The summed E-state index contributed by atoms with van der Waals surface area (Å²) in [7, 11) is 0. The van der Waals surface area contributed by atoms with E-state index in [-0.39, 0.29) is 17.9 Å². The van der Waals surface area contributed by atoms with Gasteiger partial charge in [0, 0.05) is 12.1 Å². The Hall–Kier alpha value is -2.68. The highest BCUT2D eigenvalue weighted by molar-refractivity contribution is 6.04. The van der Waals surface area contributed by atoms with Gasteiger partial charge in [0.1, 0.15) is 12.3 Å². The quantitative estimate of drug-likeness (QED) is 0.350. The Balaban J connectivity index is 2.46. The zero-order valence-corrected chi connectivity index (χ0v) is 11.2. The summed E-state index contributed by atoms with van der Waals surface area (Å²) in [6.45, 7) is 1.43. The van der Waals surface area contributed by atoms with E-state index in [0.29, 0.717) is 12.2 Å². The van der Waals surface area contributed by atoms with Crippen molar-refractivity contribution in [3.05, 3.63) is 28.3 Å². The van der Waals surface area contributed by atoms with Crippen molar-refractivity contribution in [3.63, 3.8) is 0 Å². The molecule has 9 heteroatoms. The average Bonchev–Trinajstić information content (AvgIpc) is 2.48. The number of nitrogens with zero attached hydrogens (tertiary/aromatic N) is 2. The average molecular weight is 294 g/mol. The van der Waals surface area contributed by atoms with Crippen LogP contribution in [0.25, 0.3) is 0 Å². The van der Waals surface area contributed by atoms with E-state index in [2.05, 4.69) is 0 Å². The van der Waals surface area contributed by atoms with Gasteiger partial charge in [-0.25, -0.2) is 5.84 Å². The van der Waals surface area contributed by atoms with Crippen molar-refractivity contribution in [3.8, 4) is 5.75 Å². The topological polar surface area (TPSA) is 128 Å². The largest absolute Gasteiger partial charge is 0.478 e. The van der Waals surface area contributed by atoms with Gasteiger partial charge in [-0.1, -0.05) is 6.92 Å². The molecule has 1 heterocycles. The summed E-state index contributed by atoms with van der Waals surface area (Å²) in [4.78, 5) is 35.1. The second-order valence-electron chi connectivity index (χ2n) is 4.42. The maximum absolute atomic E-state index is 12.3. The van der Waals surface area contributed by atoms with Crippen molar-refractivity contribution in [2.45, 2.75) is 19.4 Å². The zero-order chi connectivity index (χ0) is 15.6. The second-order valence-corrected chi connectivity index (χ2v) is 4.42. The standard InChI is InChI=1S/C12H14N4O5/c1-2-9-12(18)15(6-11(17)14-13)8-5-7(16(19)20)3-4-10(8)21-9/h3-5,9H,2,6,13H2,1H3,(H,14,17). The molecule has 1 aliphatic heterocycles. The van der Waals surface area contributed by atoms with Gasteiger partial charge < -0.3 is 4.74 Å². The lowest BCUT2D eigenvalue weighted by molar-refractivity contribution is -0.384. The molecule has 2 rings (SSSR count). The molecule has 1 aromatic rings. The number of amides is 2. The number of ether oxygens (including phenoxy) is 1. The summed E-state index contributed by atoms with van der Waals surface area (Å²) in [6.07, 6.45) is -0.319. The number of hydrogen-bond acceptors (Lipinski definition) is 6. The van der Waals surface area contributed by atoms with Crippen molar-refractivity contribution in [2.75, 3.05) is 11.4 Å². The summed E-state index contributed by atoms with van der Waals surface area (Å²) >= 11 is 0. The van der Waals surface area contributed by atoms with Crippen LogP contribution in [0.3, 0.4) is 0 Å². The number of non-ortho nitro benzene ring substituents is 1. The molecule has 3 N–H and O–H groups in total. The molecule has 0 aromatic heterocycles. The molecule has 1 aliphatic rings. The van der Waals surface area contributed by atoms with Gasteiger partial charge in [-0.15, -0.1) is 0 Å². The minimum atomic E-state index is -0.732. The predicted molar refractivity (Wildman–Crippen MR) is 72.5 cm³/mol. The van der Waals surface area contributed by atoms with Crippen LogP contribution < -0.4 is 20.9 Å². The highest BCUT2D eigenvalue weighted by atomic mass is 16.6. The fraction of sp³-hybridized carbons (Fsp3) is 0.333. The van der Waals surface area contributed by atoms with Gasteiger partial charge in [0.15, 0.2) is 6.10 Å². The fourth-order valence-corrected chi connectivity index (χ4v) is 2.04. The van der Waals surface area contributed by atoms with Crippen LogP contribution in [0.4, 0.5) is 11.4 Å². The third-order valence-corrected chi connectivity index (χ3v) is 3.09. The Morgan fingerprint density at radius 1 is 1.57 bits per heavy atom. The number of rotatable bonds is 4. The third-order valence-electron chi connectivity index (χ3n) is 3.09. The lowest BCUT2D eigenvalue weighted by Gasteiger charge is -2.33. The van der Waals surface area contributed by atoms with Crippen LogP contribution in [-0.4, -0.2) is 29.4 Å². The lowest BCUT2D eigenvalue weighted by atomic mass is 10.1. The number of benzene rings is 1. The number of hydrogen-bond donors (Lipinski definition) is 2. The first kappa shape index (κ1) is 14.7. The van der Waals surface area contributed by atoms with E-state index in [9.17, 15) is 19.7 Å². The van der Waals surface area contributed by atoms with Crippen LogP contribution in [0.5, 0.6) is 5.75 Å². The maximum atomic E-state index is 12.3. The number of nitrogens with one attached hydrogen (secondary N) is 1. The summed E-state index contributed by atoms with van der Waals surface area (Å²) < 4.78 is 5.50. The van der Waals surface area contributed by atoms with Gasteiger partial charge in [0.25, 0.3) is 17.5 Å². The van der Waals surface area contributed by atoms with E-state index >= 15 is 0 Å². The third kappa shape index (κ3) is 2.77. The minimum absolute atomic E-state index is 0.183. The van der Waals surface area contributed by atoms with Crippen molar-refractivity contribution < 1.29 is 19.2 Å². The smallest absolute Gasteiger partial charge is 0.271 e. The molecule has 1 unspecified atom stereocenters. The summed E-state index contributed by atoms with van der Waals surface area (Å²) in [6, 6.07) is 3.89. The van der Waals surface area contributed by atoms with E-state index in [0.717, 1.165) is 4.90 Å². The molecular formula is C12H14N4O5. The first-order valence-corrected chi connectivity index (χ1v) is 6.23. The van der Waals surface area contributed by atoms with E-state index in [1.54, 1.807) is 6.92 Å².